The monoisotopic (exact) mass is 426 g/mol. The molecule has 1 amide bonds. The molecule has 0 bridgehead atoms. The Kier molecular flexibility index (Phi) is 6.51. The van der Waals surface area contributed by atoms with E-state index in [1.165, 1.54) is 11.3 Å². The van der Waals surface area contributed by atoms with Crippen LogP contribution in [0.5, 0.6) is 0 Å². The van der Waals surface area contributed by atoms with Crippen LogP contribution in [-0.4, -0.2) is 53.4 Å². The second kappa shape index (κ2) is 9.29. The molecule has 0 spiro atoms. The lowest BCUT2D eigenvalue weighted by Gasteiger charge is -2.31. The fourth-order valence-corrected chi connectivity index (χ4v) is 4.96. The molecule has 1 aromatic carbocycles. The van der Waals surface area contributed by atoms with E-state index in [-0.39, 0.29) is 11.9 Å². The van der Waals surface area contributed by atoms with Gasteiger partial charge in [0.15, 0.2) is 0 Å². The number of nitrogens with one attached hydrogen (secondary N) is 1. The van der Waals surface area contributed by atoms with Crippen LogP contribution in [-0.2, 0) is 11.3 Å². The van der Waals surface area contributed by atoms with Crippen molar-refractivity contribution in [3.8, 4) is 0 Å². The molecule has 1 saturated heterocycles. The first-order valence-electron chi connectivity index (χ1n) is 10.6. The molecule has 2 aromatic heterocycles. The molecule has 160 valence electrons. The molecule has 7 heteroatoms. The van der Waals surface area contributed by atoms with Crippen LogP contribution >= 0.6 is 11.3 Å². The summed E-state index contributed by atoms with van der Waals surface area (Å²) in [5.74, 6) is 0.483. The van der Waals surface area contributed by atoms with Gasteiger partial charge in [-0.2, -0.15) is 5.10 Å². The molecule has 6 nitrogen and oxygen atoms in total. The molecule has 3 heterocycles. The molecule has 1 aliphatic heterocycles. The third kappa shape index (κ3) is 4.74. The lowest BCUT2D eigenvalue weighted by Crippen LogP contribution is -2.43. The molecule has 30 heavy (non-hydrogen) atoms. The fourth-order valence-electron chi connectivity index (χ4n) is 3.89. The second-order valence-electron chi connectivity index (χ2n) is 8.34. The van der Waals surface area contributed by atoms with Crippen LogP contribution in [0.4, 0.5) is 0 Å². The number of carbonyl (C=O) groups is 1. The third-order valence-electron chi connectivity index (χ3n) is 5.42. The number of aryl methyl sites for hydroxylation is 1. The summed E-state index contributed by atoms with van der Waals surface area (Å²) in [7, 11) is 0. The molecule has 1 unspecified atom stereocenters. The zero-order valence-corrected chi connectivity index (χ0v) is 18.7. The van der Waals surface area contributed by atoms with Crippen LogP contribution in [0.25, 0.3) is 10.2 Å². The molecular formula is C23H30N4O2S. The second-order valence-corrected chi connectivity index (χ2v) is 9.37. The zero-order valence-electron chi connectivity index (χ0n) is 17.9. The number of hydrogen-bond acceptors (Lipinski definition) is 5. The first-order valence-corrected chi connectivity index (χ1v) is 11.5. The number of hydrogen-bond donors (Lipinski definition) is 1. The molecule has 4 rings (SSSR count). The van der Waals surface area contributed by atoms with E-state index >= 15 is 0 Å². The van der Waals surface area contributed by atoms with Gasteiger partial charge in [0, 0.05) is 31.6 Å². The Hall–Kier alpha value is -2.22. The molecule has 0 saturated carbocycles. The van der Waals surface area contributed by atoms with Gasteiger partial charge in [-0.05, 0) is 24.5 Å². The summed E-state index contributed by atoms with van der Waals surface area (Å²) in [4.78, 5) is 17.4. The topological polar surface area (TPSA) is 59.4 Å². The van der Waals surface area contributed by atoms with E-state index in [2.05, 4.69) is 41.3 Å². The Morgan fingerprint density at radius 3 is 2.63 bits per heavy atom. The summed E-state index contributed by atoms with van der Waals surface area (Å²) in [6.45, 7) is 11.3. The van der Waals surface area contributed by atoms with Crippen molar-refractivity contribution in [1.82, 2.24) is 20.0 Å². The first-order chi connectivity index (χ1) is 14.5. The average Bonchev–Trinajstić information content (AvgIpc) is 3.30. The minimum absolute atomic E-state index is 0.0196. The number of carbonyl (C=O) groups excluding carboxylic acids is 1. The highest BCUT2D eigenvalue weighted by atomic mass is 32.1. The van der Waals surface area contributed by atoms with Crippen LogP contribution in [0.1, 0.15) is 40.8 Å². The number of rotatable bonds is 7. The Balaban J connectivity index is 1.55. The van der Waals surface area contributed by atoms with E-state index in [0.717, 1.165) is 65.7 Å². The van der Waals surface area contributed by atoms with Gasteiger partial charge < -0.3 is 10.1 Å². The highest BCUT2D eigenvalue weighted by Gasteiger charge is 2.23. The van der Waals surface area contributed by atoms with Crippen LogP contribution in [0.2, 0.25) is 0 Å². The van der Waals surface area contributed by atoms with E-state index in [4.69, 9.17) is 4.74 Å². The number of thiophene rings is 1. The highest BCUT2D eigenvalue weighted by Crippen LogP contribution is 2.29. The van der Waals surface area contributed by atoms with Gasteiger partial charge >= 0.3 is 0 Å². The average molecular weight is 427 g/mol. The van der Waals surface area contributed by atoms with Crippen molar-refractivity contribution in [2.45, 2.75) is 33.4 Å². The van der Waals surface area contributed by atoms with Crippen LogP contribution in [0.15, 0.2) is 36.4 Å². The maximum atomic E-state index is 13.2. The summed E-state index contributed by atoms with van der Waals surface area (Å²) in [6, 6.07) is 12.2. The number of fused-ring (bicyclic) bond motifs is 1. The van der Waals surface area contributed by atoms with Crippen LogP contribution in [0, 0.1) is 12.8 Å². The summed E-state index contributed by atoms with van der Waals surface area (Å²) < 4.78 is 7.52. The van der Waals surface area contributed by atoms with Gasteiger partial charge in [0.2, 0.25) is 0 Å². The fraction of sp³-hybridized carbons (Fsp3) is 0.478. The number of aromatic nitrogens is 2. The lowest BCUT2D eigenvalue weighted by molar-refractivity contribution is 0.0332. The largest absolute Gasteiger partial charge is 0.379 e. The maximum absolute atomic E-state index is 13.2. The van der Waals surface area contributed by atoms with Gasteiger partial charge in [-0.15, -0.1) is 11.3 Å². The first kappa shape index (κ1) is 21.0. The number of morpholine rings is 1. The Bertz CT molecular complexity index is 989. The third-order valence-corrected chi connectivity index (χ3v) is 6.57. The van der Waals surface area contributed by atoms with Crippen molar-refractivity contribution < 1.29 is 9.53 Å². The normalized spacial score (nSPS) is 16.3. The molecule has 1 fully saturated rings. The number of benzene rings is 1. The summed E-state index contributed by atoms with van der Waals surface area (Å²) >= 11 is 1.53. The standard InChI is InChI=1S/C23H30N4O2S/c1-16(2)14-27-23-19(17(3)25-27)13-21(30-23)22(28)24-20(18-7-5-4-6-8-18)15-26-9-11-29-12-10-26/h4-8,13,16,20H,9-12,14-15H2,1-3H3,(H,24,28). The Labute approximate surface area is 181 Å². The van der Waals surface area contributed by atoms with Gasteiger partial charge in [-0.1, -0.05) is 44.2 Å². The van der Waals surface area contributed by atoms with Gasteiger partial charge in [0.25, 0.3) is 5.91 Å². The van der Waals surface area contributed by atoms with Crippen molar-refractivity contribution in [3.05, 3.63) is 52.5 Å². The van der Waals surface area contributed by atoms with Crippen molar-refractivity contribution in [1.29, 1.82) is 0 Å². The molecule has 1 N–H and O–H groups in total. The van der Waals surface area contributed by atoms with E-state index < -0.39 is 0 Å². The van der Waals surface area contributed by atoms with E-state index in [1.807, 2.05) is 35.9 Å². The Morgan fingerprint density at radius 1 is 1.20 bits per heavy atom. The minimum Gasteiger partial charge on any atom is -0.379 e. The van der Waals surface area contributed by atoms with E-state index in [0.29, 0.717) is 5.92 Å². The molecule has 0 radical (unpaired) electrons. The van der Waals surface area contributed by atoms with Crippen molar-refractivity contribution in [2.24, 2.45) is 5.92 Å². The van der Waals surface area contributed by atoms with Crippen molar-refractivity contribution in [2.75, 3.05) is 32.8 Å². The number of amides is 1. The van der Waals surface area contributed by atoms with E-state index in [9.17, 15) is 4.79 Å². The summed E-state index contributed by atoms with van der Waals surface area (Å²) in [5.41, 5.74) is 2.11. The summed E-state index contributed by atoms with van der Waals surface area (Å²) in [6.07, 6.45) is 0. The molecular weight excluding hydrogens is 396 g/mol. The smallest absolute Gasteiger partial charge is 0.261 e. The van der Waals surface area contributed by atoms with Crippen molar-refractivity contribution in [3.63, 3.8) is 0 Å². The van der Waals surface area contributed by atoms with Gasteiger partial charge in [-0.3, -0.25) is 14.4 Å². The quantitative estimate of drug-likeness (QED) is 0.623. The van der Waals surface area contributed by atoms with Crippen molar-refractivity contribution >= 4 is 27.5 Å². The SMILES string of the molecule is Cc1nn(CC(C)C)c2sc(C(=O)NC(CN3CCOCC3)c3ccccc3)cc12. The zero-order chi connectivity index (χ0) is 21.1. The number of nitrogens with zero attached hydrogens (tertiary/aromatic N) is 3. The maximum Gasteiger partial charge on any atom is 0.261 e. The predicted octanol–water partition coefficient (Wildman–Crippen LogP) is 3.87. The molecule has 3 aromatic rings. The Morgan fingerprint density at radius 2 is 1.93 bits per heavy atom. The lowest BCUT2D eigenvalue weighted by atomic mass is 10.1. The van der Waals surface area contributed by atoms with Crippen LogP contribution in [0.3, 0.4) is 0 Å². The molecule has 1 aliphatic rings. The van der Waals surface area contributed by atoms with Crippen LogP contribution < -0.4 is 5.32 Å². The van der Waals surface area contributed by atoms with Gasteiger partial charge in [0.1, 0.15) is 4.83 Å². The minimum atomic E-state index is -0.0599. The van der Waals surface area contributed by atoms with Gasteiger partial charge in [-0.25, -0.2) is 0 Å². The predicted molar refractivity (Wildman–Crippen MR) is 121 cm³/mol. The highest BCUT2D eigenvalue weighted by molar-refractivity contribution is 7.20. The summed E-state index contributed by atoms with van der Waals surface area (Å²) in [5, 5.41) is 9.02. The molecule has 1 atom stereocenters. The van der Waals surface area contributed by atoms with Gasteiger partial charge in [0.05, 0.1) is 29.8 Å². The van der Waals surface area contributed by atoms with E-state index in [1.54, 1.807) is 0 Å². The molecule has 0 aliphatic carbocycles. The number of ether oxygens (including phenoxy) is 1.